The molecule has 0 aliphatic carbocycles. The van der Waals surface area contributed by atoms with Crippen LogP contribution in [-0.4, -0.2) is 12.8 Å². The fourth-order valence-corrected chi connectivity index (χ4v) is 2.47. The predicted molar refractivity (Wildman–Crippen MR) is 73.4 cm³/mol. The third-order valence-electron chi connectivity index (χ3n) is 3.21. The summed E-state index contributed by atoms with van der Waals surface area (Å²) in [6.07, 6.45) is 3.55. The lowest BCUT2D eigenvalue weighted by molar-refractivity contribution is 0.174. The molecule has 1 aromatic rings. The molecule has 0 amide bonds. The number of rotatable bonds is 6. The van der Waals surface area contributed by atoms with Gasteiger partial charge in [0.1, 0.15) is 0 Å². The van der Waals surface area contributed by atoms with Crippen molar-refractivity contribution in [1.29, 1.82) is 0 Å². The molecule has 0 spiro atoms. The minimum atomic E-state index is 0.263. The van der Waals surface area contributed by atoms with Crippen molar-refractivity contribution in [3.8, 4) is 11.5 Å². The topological polar surface area (TPSA) is 30.5 Å². The van der Waals surface area contributed by atoms with Crippen LogP contribution in [0.5, 0.6) is 11.5 Å². The van der Waals surface area contributed by atoms with E-state index in [1.165, 1.54) is 12.8 Å². The normalized spacial score (nSPS) is 14.8. The zero-order chi connectivity index (χ0) is 13.0. The van der Waals surface area contributed by atoms with Gasteiger partial charge >= 0.3 is 0 Å². The number of ether oxygens (including phenoxy) is 2. The summed E-state index contributed by atoms with van der Waals surface area (Å²) in [6, 6.07) is 4.51. The molecular weight excluding hydrogens is 250 g/mol. The number of benzene rings is 1. The van der Waals surface area contributed by atoms with Crippen LogP contribution in [0, 0.1) is 0 Å². The van der Waals surface area contributed by atoms with Gasteiger partial charge in [-0.3, -0.25) is 0 Å². The summed E-state index contributed by atoms with van der Waals surface area (Å²) in [7, 11) is 0. The van der Waals surface area contributed by atoms with Gasteiger partial charge in [-0.25, -0.2) is 0 Å². The summed E-state index contributed by atoms with van der Waals surface area (Å²) in [4.78, 5) is 0. The molecule has 0 bridgehead atoms. The van der Waals surface area contributed by atoms with Crippen LogP contribution >= 0.6 is 11.6 Å². The molecule has 1 aromatic carbocycles. The van der Waals surface area contributed by atoms with E-state index in [-0.39, 0.29) is 6.79 Å². The molecule has 0 fully saturated rings. The van der Waals surface area contributed by atoms with E-state index in [0.717, 1.165) is 24.3 Å². The maximum absolute atomic E-state index is 6.15. The zero-order valence-electron chi connectivity index (χ0n) is 11.0. The van der Waals surface area contributed by atoms with Crippen molar-refractivity contribution in [2.75, 3.05) is 6.79 Å². The van der Waals surface area contributed by atoms with Crippen LogP contribution in [0.25, 0.3) is 0 Å². The Morgan fingerprint density at radius 1 is 1.33 bits per heavy atom. The van der Waals surface area contributed by atoms with Crippen molar-refractivity contribution in [3.05, 3.63) is 22.7 Å². The lowest BCUT2D eigenvalue weighted by Crippen LogP contribution is -2.27. The number of hydrogen-bond donors (Lipinski definition) is 1. The van der Waals surface area contributed by atoms with Gasteiger partial charge in [0.05, 0.1) is 5.02 Å². The lowest BCUT2D eigenvalue weighted by Gasteiger charge is -2.16. The Balaban J connectivity index is 1.99. The second-order valence-electron chi connectivity index (χ2n) is 4.59. The first-order valence-corrected chi connectivity index (χ1v) is 6.93. The number of fused-ring (bicyclic) bond motifs is 1. The summed E-state index contributed by atoms with van der Waals surface area (Å²) < 4.78 is 10.7. The highest BCUT2D eigenvalue weighted by atomic mass is 35.5. The van der Waals surface area contributed by atoms with Crippen molar-refractivity contribution >= 4 is 11.6 Å². The van der Waals surface area contributed by atoms with Gasteiger partial charge in [-0.2, -0.15) is 0 Å². The quantitative estimate of drug-likeness (QED) is 0.853. The minimum absolute atomic E-state index is 0.263. The van der Waals surface area contributed by atoms with Crippen molar-refractivity contribution in [2.45, 2.75) is 45.7 Å². The van der Waals surface area contributed by atoms with E-state index >= 15 is 0 Å². The fraction of sp³-hybridized carbons (Fsp3) is 0.571. The molecule has 1 aliphatic heterocycles. The summed E-state index contributed by atoms with van der Waals surface area (Å²) in [5.41, 5.74) is 1.14. The van der Waals surface area contributed by atoms with Crippen molar-refractivity contribution in [1.82, 2.24) is 5.32 Å². The van der Waals surface area contributed by atoms with Gasteiger partial charge in [0, 0.05) is 12.6 Å². The van der Waals surface area contributed by atoms with Gasteiger partial charge in [-0.1, -0.05) is 31.9 Å². The molecule has 1 N–H and O–H groups in total. The summed E-state index contributed by atoms with van der Waals surface area (Å²) in [6.45, 7) is 5.50. The van der Waals surface area contributed by atoms with Crippen LogP contribution in [0.4, 0.5) is 0 Å². The van der Waals surface area contributed by atoms with E-state index in [1.807, 2.05) is 12.1 Å². The lowest BCUT2D eigenvalue weighted by atomic mass is 10.1. The predicted octanol–water partition coefficient (Wildman–Crippen LogP) is 3.74. The highest BCUT2D eigenvalue weighted by Gasteiger charge is 2.18. The van der Waals surface area contributed by atoms with Gasteiger partial charge in [-0.05, 0) is 30.5 Å². The summed E-state index contributed by atoms with van der Waals surface area (Å²) in [5.74, 6) is 1.42. The first-order chi connectivity index (χ1) is 8.74. The number of halogens is 1. The van der Waals surface area contributed by atoms with Gasteiger partial charge in [0.2, 0.25) is 6.79 Å². The third kappa shape index (κ3) is 3.09. The Hall–Kier alpha value is -0.930. The molecule has 0 radical (unpaired) electrons. The highest BCUT2D eigenvalue weighted by Crippen LogP contribution is 2.39. The standard InChI is InChI=1S/C14H20ClNO2/c1-3-5-11(4-2)16-8-10-6-12(15)14-13(7-10)17-9-18-14/h6-7,11,16H,3-5,8-9H2,1-2H3. The van der Waals surface area contributed by atoms with E-state index in [1.54, 1.807) is 0 Å². The average Bonchev–Trinajstić information content (AvgIpc) is 2.83. The van der Waals surface area contributed by atoms with Crippen LogP contribution in [0.3, 0.4) is 0 Å². The molecule has 0 aromatic heterocycles. The monoisotopic (exact) mass is 269 g/mol. The smallest absolute Gasteiger partial charge is 0.231 e. The molecule has 100 valence electrons. The van der Waals surface area contributed by atoms with Crippen molar-refractivity contribution in [3.63, 3.8) is 0 Å². The Kier molecular flexibility index (Phi) is 4.72. The molecule has 0 saturated heterocycles. The summed E-state index contributed by atoms with van der Waals surface area (Å²) >= 11 is 6.15. The Labute approximate surface area is 113 Å². The van der Waals surface area contributed by atoms with Crippen LogP contribution in [-0.2, 0) is 6.54 Å². The van der Waals surface area contributed by atoms with Gasteiger partial charge < -0.3 is 14.8 Å². The fourth-order valence-electron chi connectivity index (χ4n) is 2.18. The van der Waals surface area contributed by atoms with Gasteiger partial charge in [0.25, 0.3) is 0 Å². The van der Waals surface area contributed by atoms with E-state index in [0.29, 0.717) is 16.8 Å². The van der Waals surface area contributed by atoms with E-state index < -0.39 is 0 Å². The van der Waals surface area contributed by atoms with E-state index in [9.17, 15) is 0 Å². The first kappa shape index (κ1) is 13.5. The number of nitrogens with one attached hydrogen (secondary N) is 1. The first-order valence-electron chi connectivity index (χ1n) is 6.56. The second-order valence-corrected chi connectivity index (χ2v) is 4.99. The molecule has 1 unspecified atom stereocenters. The van der Waals surface area contributed by atoms with Crippen molar-refractivity contribution < 1.29 is 9.47 Å². The van der Waals surface area contributed by atoms with E-state index in [4.69, 9.17) is 21.1 Å². The Bertz CT molecular complexity index is 409. The maximum atomic E-state index is 6.15. The van der Waals surface area contributed by atoms with Crippen LogP contribution < -0.4 is 14.8 Å². The van der Waals surface area contributed by atoms with Gasteiger partial charge in [-0.15, -0.1) is 0 Å². The Morgan fingerprint density at radius 3 is 2.89 bits per heavy atom. The molecule has 4 heteroatoms. The second kappa shape index (κ2) is 6.30. The van der Waals surface area contributed by atoms with Crippen LogP contribution in [0.1, 0.15) is 38.7 Å². The van der Waals surface area contributed by atoms with Gasteiger partial charge in [0.15, 0.2) is 11.5 Å². The highest BCUT2D eigenvalue weighted by molar-refractivity contribution is 6.32. The van der Waals surface area contributed by atoms with E-state index in [2.05, 4.69) is 19.2 Å². The molecule has 1 aliphatic rings. The molecule has 18 heavy (non-hydrogen) atoms. The molecule has 1 heterocycles. The van der Waals surface area contributed by atoms with Crippen LogP contribution in [0.2, 0.25) is 5.02 Å². The minimum Gasteiger partial charge on any atom is -0.454 e. The maximum Gasteiger partial charge on any atom is 0.231 e. The molecular formula is C14H20ClNO2. The molecule has 3 nitrogen and oxygen atoms in total. The van der Waals surface area contributed by atoms with Crippen LogP contribution in [0.15, 0.2) is 12.1 Å². The molecule has 1 atom stereocenters. The summed E-state index contributed by atoms with van der Waals surface area (Å²) in [5, 5.41) is 4.18. The molecule has 2 rings (SSSR count). The zero-order valence-corrected chi connectivity index (χ0v) is 11.7. The van der Waals surface area contributed by atoms with Crippen molar-refractivity contribution in [2.24, 2.45) is 0 Å². The third-order valence-corrected chi connectivity index (χ3v) is 3.49. The Morgan fingerprint density at radius 2 is 2.17 bits per heavy atom. The average molecular weight is 270 g/mol. The largest absolute Gasteiger partial charge is 0.454 e. The SMILES string of the molecule is CCCC(CC)NCc1cc(Cl)c2c(c1)OCO2. The molecule has 0 saturated carbocycles. The number of hydrogen-bond acceptors (Lipinski definition) is 3.